The zero-order chi connectivity index (χ0) is 16.9. The summed E-state index contributed by atoms with van der Waals surface area (Å²) < 4.78 is 7.60. The third kappa shape index (κ3) is 3.82. The Labute approximate surface area is 142 Å². The molecule has 1 aromatic carbocycles. The van der Waals surface area contributed by atoms with E-state index in [1.165, 1.54) is 5.56 Å². The molecule has 0 bridgehead atoms. The summed E-state index contributed by atoms with van der Waals surface area (Å²) in [7, 11) is 1.89. The smallest absolute Gasteiger partial charge is 0.222 e. The van der Waals surface area contributed by atoms with Gasteiger partial charge in [-0.05, 0) is 17.9 Å². The molecular formula is C18H24N4O2. The number of ether oxygens (including phenoxy) is 1. The number of aromatic nitrogens is 3. The van der Waals surface area contributed by atoms with Gasteiger partial charge in [-0.2, -0.15) is 0 Å². The summed E-state index contributed by atoms with van der Waals surface area (Å²) >= 11 is 0. The summed E-state index contributed by atoms with van der Waals surface area (Å²) in [4.78, 5) is 14.5. The van der Waals surface area contributed by atoms with Crippen LogP contribution in [0, 0.1) is 0 Å². The highest BCUT2D eigenvalue weighted by Crippen LogP contribution is 2.23. The molecule has 1 aliphatic heterocycles. The molecule has 0 spiro atoms. The van der Waals surface area contributed by atoms with Crippen LogP contribution in [0.3, 0.4) is 0 Å². The Bertz CT molecular complexity index is 671. The van der Waals surface area contributed by atoms with Crippen molar-refractivity contribution >= 4 is 5.91 Å². The topological polar surface area (TPSA) is 60.3 Å². The minimum absolute atomic E-state index is 0.188. The van der Waals surface area contributed by atoms with E-state index in [1.54, 1.807) is 6.33 Å². The molecule has 2 aromatic rings. The number of aryl methyl sites for hydroxylation is 1. The molecule has 1 fully saturated rings. The number of hydrogen-bond acceptors (Lipinski definition) is 4. The first-order valence-electron chi connectivity index (χ1n) is 8.43. The Hall–Kier alpha value is -2.21. The predicted molar refractivity (Wildman–Crippen MR) is 90.4 cm³/mol. The number of carbonyl (C=O) groups excluding carboxylic acids is 1. The van der Waals surface area contributed by atoms with Crippen molar-refractivity contribution in [3.8, 4) is 0 Å². The third-order valence-corrected chi connectivity index (χ3v) is 4.61. The van der Waals surface area contributed by atoms with E-state index in [0.717, 1.165) is 12.2 Å². The van der Waals surface area contributed by atoms with E-state index in [9.17, 15) is 4.79 Å². The van der Waals surface area contributed by atoms with Crippen molar-refractivity contribution in [2.24, 2.45) is 7.05 Å². The van der Waals surface area contributed by atoms with Crippen LogP contribution in [0.1, 0.15) is 43.2 Å². The van der Waals surface area contributed by atoms with Crippen LogP contribution in [0.5, 0.6) is 0 Å². The summed E-state index contributed by atoms with van der Waals surface area (Å²) in [6.45, 7) is 3.90. The molecule has 3 rings (SSSR count). The molecule has 2 atom stereocenters. The summed E-state index contributed by atoms with van der Waals surface area (Å²) in [5.41, 5.74) is 1.28. The third-order valence-electron chi connectivity index (χ3n) is 4.61. The highest BCUT2D eigenvalue weighted by atomic mass is 16.5. The monoisotopic (exact) mass is 328 g/mol. The summed E-state index contributed by atoms with van der Waals surface area (Å²) in [6, 6.07) is 10.3. The van der Waals surface area contributed by atoms with Gasteiger partial charge in [0.2, 0.25) is 5.91 Å². The van der Waals surface area contributed by atoms with Crippen molar-refractivity contribution in [2.75, 3.05) is 19.7 Å². The van der Waals surface area contributed by atoms with E-state index in [-0.39, 0.29) is 12.0 Å². The maximum absolute atomic E-state index is 12.6. The Balaban J connectivity index is 1.54. The van der Waals surface area contributed by atoms with Crippen LogP contribution in [0.15, 0.2) is 36.7 Å². The molecule has 0 aliphatic carbocycles. The van der Waals surface area contributed by atoms with Crippen LogP contribution >= 0.6 is 0 Å². The molecule has 2 heterocycles. The van der Waals surface area contributed by atoms with E-state index < -0.39 is 0 Å². The zero-order valence-corrected chi connectivity index (χ0v) is 14.3. The first kappa shape index (κ1) is 16.6. The molecule has 6 nitrogen and oxygen atoms in total. The minimum atomic E-state index is -0.193. The average Bonchev–Trinajstić information content (AvgIpc) is 3.06. The van der Waals surface area contributed by atoms with E-state index >= 15 is 0 Å². The second-order valence-corrected chi connectivity index (χ2v) is 6.35. The Kier molecular flexibility index (Phi) is 5.25. The molecule has 0 saturated carbocycles. The van der Waals surface area contributed by atoms with Crippen molar-refractivity contribution in [1.82, 2.24) is 19.7 Å². The summed E-state index contributed by atoms with van der Waals surface area (Å²) in [6.07, 6.45) is 2.87. The number of hydrogen-bond donors (Lipinski definition) is 0. The lowest BCUT2D eigenvalue weighted by molar-refractivity contribution is -0.139. The van der Waals surface area contributed by atoms with E-state index in [1.807, 2.05) is 34.7 Å². The second kappa shape index (κ2) is 7.57. The standard InChI is InChI=1S/C18H24N4O2/c1-14(15-6-4-3-5-7-15)8-9-17(23)22-10-11-24-16(12-22)18-20-19-13-21(18)2/h3-7,13-14,16H,8-12H2,1-2H3/t14-,16-/m1/s1. The van der Waals surface area contributed by atoms with Gasteiger partial charge < -0.3 is 14.2 Å². The Morgan fingerprint density at radius 1 is 1.38 bits per heavy atom. The molecule has 1 saturated heterocycles. The zero-order valence-electron chi connectivity index (χ0n) is 14.3. The van der Waals surface area contributed by atoms with Gasteiger partial charge in [0, 0.05) is 20.0 Å². The van der Waals surface area contributed by atoms with Gasteiger partial charge in [-0.15, -0.1) is 10.2 Å². The van der Waals surface area contributed by atoms with Crippen LogP contribution in [0.2, 0.25) is 0 Å². The predicted octanol–water partition coefficient (Wildman–Crippen LogP) is 2.30. The number of benzene rings is 1. The van der Waals surface area contributed by atoms with Crippen LogP contribution < -0.4 is 0 Å². The maximum Gasteiger partial charge on any atom is 0.222 e. The highest BCUT2D eigenvalue weighted by Gasteiger charge is 2.28. The van der Waals surface area contributed by atoms with Crippen LogP contribution in [-0.2, 0) is 16.6 Å². The van der Waals surface area contributed by atoms with Crippen LogP contribution in [0.25, 0.3) is 0 Å². The molecule has 6 heteroatoms. The fourth-order valence-electron chi connectivity index (χ4n) is 3.06. The first-order valence-corrected chi connectivity index (χ1v) is 8.43. The number of rotatable bonds is 5. The SMILES string of the molecule is C[C@H](CCC(=O)N1CCO[C@@H](c2nncn2C)C1)c1ccccc1. The van der Waals surface area contributed by atoms with Gasteiger partial charge in [0.1, 0.15) is 12.4 Å². The lowest BCUT2D eigenvalue weighted by atomic mass is 9.96. The van der Waals surface area contributed by atoms with Crippen LogP contribution in [0.4, 0.5) is 0 Å². The molecule has 1 amide bonds. The number of morpholine rings is 1. The lowest BCUT2D eigenvalue weighted by Crippen LogP contribution is -2.42. The van der Waals surface area contributed by atoms with Crippen LogP contribution in [-0.4, -0.2) is 45.3 Å². The highest BCUT2D eigenvalue weighted by molar-refractivity contribution is 5.76. The fraction of sp³-hybridized carbons (Fsp3) is 0.500. The molecule has 1 aromatic heterocycles. The van der Waals surface area contributed by atoms with Crippen molar-refractivity contribution in [3.63, 3.8) is 0 Å². The van der Waals surface area contributed by atoms with Gasteiger partial charge in [0.05, 0.1) is 13.2 Å². The molecular weight excluding hydrogens is 304 g/mol. The van der Waals surface area contributed by atoms with Crippen molar-refractivity contribution < 1.29 is 9.53 Å². The van der Waals surface area contributed by atoms with Gasteiger partial charge in [-0.1, -0.05) is 37.3 Å². The largest absolute Gasteiger partial charge is 0.366 e. The van der Waals surface area contributed by atoms with E-state index in [2.05, 4.69) is 29.3 Å². The minimum Gasteiger partial charge on any atom is -0.366 e. The lowest BCUT2D eigenvalue weighted by Gasteiger charge is -2.32. The van der Waals surface area contributed by atoms with E-state index in [0.29, 0.717) is 32.0 Å². The molecule has 0 N–H and O–H groups in total. The molecule has 0 radical (unpaired) electrons. The average molecular weight is 328 g/mol. The van der Waals surface area contributed by atoms with Gasteiger partial charge in [0.25, 0.3) is 0 Å². The number of nitrogens with zero attached hydrogens (tertiary/aromatic N) is 4. The van der Waals surface area contributed by atoms with Gasteiger partial charge in [-0.3, -0.25) is 4.79 Å². The van der Waals surface area contributed by atoms with Crippen molar-refractivity contribution in [3.05, 3.63) is 48.0 Å². The Morgan fingerprint density at radius 3 is 2.88 bits per heavy atom. The quantitative estimate of drug-likeness (QED) is 0.845. The van der Waals surface area contributed by atoms with Gasteiger partial charge in [0.15, 0.2) is 5.82 Å². The van der Waals surface area contributed by atoms with E-state index in [4.69, 9.17) is 4.74 Å². The molecule has 128 valence electrons. The normalized spacial score (nSPS) is 19.2. The van der Waals surface area contributed by atoms with Gasteiger partial charge in [-0.25, -0.2) is 0 Å². The number of carbonyl (C=O) groups is 1. The molecule has 0 unspecified atom stereocenters. The number of amides is 1. The first-order chi connectivity index (χ1) is 11.6. The van der Waals surface area contributed by atoms with Crippen molar-refractivity contribution in [1.29, 1.82) is 0 Å². The Morgan fingerprint density at radius 2 is 2.17 bits per heavy atom. The fourth-order valence-corrected chi connectivity index (χ4v) is 3.06. The molecule has 1 aliphatic rings. The van der Waals surface area contributed by atoms with Gasteiger partial charge >= 0.3 is 0 Å². The summed E-state index contributed by atoms with van der Waals surface area (Å²) in [5.74, 6) is 1.34. The van der Waals surface area contributed by atoms with Crippen molar-refractivity contribution in [2.45, 2.75) is 31.8 Å². The second-order valence-electron chi connectivity index (χ2n) is 6.35. The molecule has 24 heavy (non-hydrogen) atoms. The maximum atomic E-state index is 12.6. The summed E-state index contributed by atoms with van der Waals surface area (Å²) in [5, 5.41) is 7.99.